The Morgan fingerprint density at radius 2 is 1.67 bits per heavy atom. The molecule has 0 spiro atoms. The predicted octanol–water partition coefficient (Wildman–Crippen LogP) is 1.17. The van der Waals surface area contributed by atoms with Crippen molar-refractivity contribution in [3.05, 3.63) is 83.7 Å². The summed E-state index contributed by atoms with van der Waals surface area (Å²) in [5.74, 6) is 0. The number of fused-ring (bicyclic) bond motifs is 2. The van der Waals surface area contributed by atoms with Gasteiger partial charge in [-0.2, -0.15) is 0 Å². The van der Waals surface area contributed by atoms with Crippen molar-refractivity contribution in [2.24, 2.45) is 7.05 Å². The number of allylic oxidation sites excluding steroid dienone is 1. The second-order valence-electron chi connectivity index (χ2n) is 5.92. The van der Waals surface area contributed by atoms with E-state index >= 15 is 0 Å². The summed E-state index contributed by atoms with van der Waals surface area (Å²) in [5, 5.41) is 1.27. The van der Waals surface area contributed by atoms with Crippen LogP contribution in [0.2, 0.25) is 0 Å². The number of halogens is 1. The maximum atomic E-state index is 2.26. The Balaban J connectivity index is 0.00000169. The molecule has 0 amide bonds. The highest BCUT2D eigenvalue weighted by molar-refractivity contribution is 5.88. The molecule has 24 heavy (non-hydrogen) atoms. The minimum atomic E-state index is 0. The molecule has 2 aromatic carbocycles. The summed E-state index contributed by atoms with van der Waals surface area (Å²) >= 11 is 0. The Kier molecular flexibility index (Phi) is 4.71. The van der Waals surface area contributed by atoms with Crippen molar-refractivity contribution in [1.82, 2.24) is 0 Å². The number of rotatable bonds is 1. The number of para-hydroxylation sites is 2. The van der Waals surface area contributed by atoms with Crippen LogP contribution in [-0.4, -0.2) is 7.05 Å². The van der Waals surface area contributed by atoms with Gasteiger partial charge in [0.1, 0.15) is 7.05 Å². The van der Waals surface area contributed by atoms with Gasteiger partial charge in [0.25, 0.3) is 0 Å². The van der Waals surface area contributed by atoms with E-state index < -0.39 is 0 Å². The number of pyridine rings is 1. The number of anilines is 1. The third kappa shape index (κ3) is 2.84. The fourth-order valence-electron chi connectivity index (χ4n) is 3.18. The fourth-order valence-corrected chi connectivity index (χ4v) is 3.18. The minimum Gasteiger partial charge on any atom is -1.00 e. The monoisotopic (exact) mass is 426 g/mol. The van der Waals surface area contributed by atoms with E-state index in [2.05, 4.69) is 103 Å². The largest absolute Gasteiger partial charge is 1.00 e. The number of benzene rings is 2. The smallest absolute Gasteiger partial charge is 0.212 e. The topological polar surface area (TPSA) is 7.12 Å². The van der Waals surface area contributed by atoms with Crippen molar-refractivity contribution in [3.63, 3.8) is 0 Å². The van der Waals surface area contributed by atoms with E-state index in [0.29, 0.717) is 0 Å². The molecule has 0 saturated heterocycles. The fraction of sp³-hybridized carbons (Fsp3) is 0.0952. The second-order valence-corrected chi connectivity index (χ2v) is 5.92. The van der Waals surface area contributed by atoms with Crippen molar-refractivity contribution < 1.29 is 28.5 Å². The van der Waals surface area contributed by atoms with Crippen molar-refractivity contribution >= 4 is 28.7 Å². The van der Waals surface area contributed by atoms with Crippen LogP contribution in [0.5, 0.6) is 0 Å². The molecule has 0 aliphatic carbocycles. The number of hydrogen-bond donors (Lipinski definition) is 0. The molecule has 2 nitrogen and oxygen atoms in total. The van der Waals surface area contributed by atoms with Gasteiger partial charge in [0.05, 0.1) is 5.39 Å². The summed E-state index contributed by atoms with van der Waals surface area (Å²) < 4.78 is 2.16. The lowest BCUT2D eigenvalue weighted by molar-refractivity contribution is -0.644. The van der Waals surface area contributed by atoms with E-state index in [4.69, 9.17) is 0 Å². The highest BCUT2D eigenvalue weighted by Gasteiger charge is 2.14. The number of aromatic nitrogens is 1. The van der Waals surface area contributed by atoms with Crippen molar-refractivity contribution in [2.45, 2.75) is 0 Å². The average Bonchev–Trinajstić information content (AvgIpc) is 2.60. The van der Waals surface area contributed by atoms with E-state index in [1.54, 1.807) is 0 Å². The highest BCUT2D eigenvalue weighted by atomic mass is 127. The van der Waals surface area contributed by atoms with Crippen molar-refractivity contribution in [1.29, 1.82) is 0 Å². The summed E-state index contributed by atoms with van der Waals surface area (Å²) in [7, 11) is 4.21. The molecule has 0 bridgehead atoms. The highest BCUT2D eigenvalue weighted by Crippen LogP contribution is 2.30. The van der Waals surface area contributed by atoms with Crippen LogP contribution in [0.1, 0.15) is 11.1 Å². The van der Waals surface area contributed by atoms with E-state index in [9.17, 15) is 0 Å². The molecular weight excluding hydrogens is 407 g/mol. The van der Waals surface area contributed by atoms with Gasteiger partial charge >= 0.3 is 0 Å². The lowest BCUT2D eigenvalue weighted by atomic mass is 10.0. The summed E-state index contributed by atoms with van der Waals surface area (Å²) in [6, 6.07) is 19.2. The minimum absolute atomic E-state index is 0. The van der Waals surface area contributed by atoms with Gasteiger partial charge in [0.15, 0.2) is 6.20 Å². The number of nitrogens with zero attached hydrogens (tertiary/aromatic N) is 2. The molecule has 2 heterocycles. The molecule has 1 aliphatic rings. The number of hydrogen-bond acceptors (Lipinski definition) is 1. The van der Waals surface area contributed by atoms with Gasteiger partial charge in [-0.15, -0.1) is 0 Å². The van der Waals surface area contributed by atoms with Gasteiger partial charge in [-0.05, 0) is 35.4 Å². The number of likely N-dealkylation sites (N-methyl/N-ethyl adjacent to an activating group) is 1. The molecular formula is C21H19IN2. The maximum Gasteiger partial charge on any atom is 0.212 e. The van der Waals surface area contributed by atoms with Gasteiger partial charge in [-0.3, -0.25) is 0 Å². The van der Waals surface area contributed by atoms with E-state index in [1.165, 1.54) is 33.4 Å². The predicted molar refractivity (Wildman–Crippen MR) is 97.0 cm³/mol. The normalized spacial score (nSPS) is 14.6. The van der Waals surface area contributed by atoms with E-state index in [-0.39, 0.29) is 24.0 Å². The van der Waals surface area contributed by atoms with Crippen LogP contribution >= 0.6 is 0 Å². The lowest BCUT2D eigenvalue weighted by Gasteiger charge is -2.26. The summed E-state index contributed by atoms with van der Waals surface area (Å²) in [6.07, 6.45) is 8.75. The van der Waals surface area contributed by atoms with Crippen LogP contribution in [0.25, 0.3) is 23.1 Å². The summed E-state index contributed by atoms with van der Waals surface area (Å²) in [5.41, 5.74) is 6.18. The first kappa shape index (κ1) is 16.7. The van der Waals surface area contributed by atoms with Crippen LogP contribution in [0, 0.1) is 0 Å². The van der Waals surface area contributed by atoms with Crippen LogP contribution in [0.4, 0.5) is 5.69 Å². The third-order valence-corrected chi connectivity index (χ3v) is 4.50. The van der Waals surface area contributed by atoms with Crippen LogP contribution in [0.3, 0.4) is 0 Å². The number of aryl methyl sites for hydroxylation is 1. The second kappa shape index (κ2) is 6.77. The Bertz CT molecular complexity index is 957. The Morgan fingerprint density at radius 3 is 2.54 bits per heavy atom. The quantitative estimate of drug-likeness (QED) is 0.419. The zero-order valence-corrected chi connectivity index (χ0v) is 15.9. The van der Waals surface area contributed by atoms with Crippen LogP contribution in [0.15, 0.2) is 72.6 Å². The zero-order chi connectivity index (χ0) is 15.8. The first-order valence-electron chi connectivity index (χ1n) is 7.84. The molecule has 3 heteroatoms. The van der Waals surface area contributed by atoms with E-state index in [0.717, 1.165) is 0 Å². The molecule has 0 radical (unpaired) electrons. The average molecular weight is 426 g/mol. The molecule has 4 rings (SSSR count). The van der Waals surface area contributed by atoms with Gasteiger partial charge in [-0.25, -0.2) is 4.57 Å². The molecule has 0 fully saturated rings. The Morgan fingerprint density at radius 1 is 0.917 bits per heavy atom. The van der Waals surface area contributed by atoms with Crippen LogP contribution < -0.4 is 33.4 Å². The molecule has 120 valence electrons. The lowest BCUT2D eigenvalue weighted by Crippen LogP contribution is -3.00. The van der Waals surface area contributed by atoms with E-state index in [1.807, 2.05) is 0 Å². The molecule has 0 atom stereocenters. The van der Waals surface area contributed by atoms with Gasteiger partial charge in [0.2, 0.25) is 5.52 Å². The molecule has 0 N–H and O–H groups in total. The van der Waals surface area contributed by atoms with Gasteiger partial charge < -0.3 is 28.9 Å². The summed E-state index contributed by atoms with van der Waals surface area (Å²) in [4.78, 5) is 2.25. The van der Waals surface area contributed by atoms with Crippen molar-refractivity contribution in [2.75, 3.05) is 11.9 Å². The third-order valence-electron chi connectivity index (χ3n) is 4.50. The maximum absolute atomic E-state index is 2.26. The molecule has 3 aromatic rings. The first-order chi connectivity index (χ1) is 11.2. The van der Waals surface area contributed by atoms with Gasteiger partial charge in [0, 0.05) is 30.6 Å². The molecule has 1 aliphatic heterocycles. The van der Waals surface area contributed by atoms with Gasteiger partial charge in [-0.1, -0.05) is 36.4 Å². The Labute approximate surface area is 159 Å². The molecule has 0 saturated carbocycles. The zero-order valence-electron chi connectivity index (χ0n) is 13.8. The molecule has 0 unspecified atom stereocenters. The van der Waals surface area contributed by atoms with Crippen molar-refractivity contribution in [3.8, 4) is 0 Å². The standard InChI is InChI=1S/C21H19N2.HI/c1-22-14-13-17(19-8-4-6-10-21(19)22)15-18-12-11-16-7-3-5-9-20(16)23(18)2;/h3-15H,1-2H3;1H/q+1;/p-1. The first-order valence-corrected chi connectivity index (χ1v) is 7.84. The SMILES string of the molecule is CN1/C(=C/c2cc[n+](C)c3ccccc23)C=Cc2ccccc21.[I-]. The summed E-state index contributed by atoms with van der Waals surface area (Å²) in [6.45, 7) is 0. The van der Waals surface area contributed by atoms with Crippen LogP contribution in [-0.2, 0) is 7.05 Å². The molecule has 1 aromatic heterocycles. The Hall–Kier alpha value is -2.14.